The summed E-state index contributed by atoms with van der Waals surface area (Å²) in [4.78, 5) is 0. The van der Waals surface area contributed by atoms with Crippen molar-refractivity contribution in [1.82, 2.24) is 10.4 Å². The van der Waals surface area contributed by atoms with Crippen LogP contribution in [0.4, 0.5) is 4.39 Å². The Labute approximate surface area is 71.1 Å². The van der Waals surface area contributed by atoms with Crippen LogP contribution in [-0.4, -0.2) is 23.2 Å². The van der Waals surface area contributed by atoms with E-state index in [1.165, 1.54) is 11.2 Å². The maximum atomic E-state index is 12.7. The Balaban J connectivity index is 2.44. The molecule has 1 aliphatic rings. The van der Waals surface area contributed by atoms with E-state index in [0.717, 1.165) is 19.0 Å². The number of hydrogen-bond donors (Lipinski definition) is 2. The van der Waals surface area contributed by atoms with Crippen molar-refractivity contribution < 1.29 is 9.50 Å². The maximum Gasteiger partial charge on any atom is 0.143 e. The highest BCUT2D eigenvalue weighted by molar-refractivity contribution is 5.18. The SMILES string of the molecule is CCCNN1C=C(F)C=C(O)C1. The topological polar surface area (TPSA) is 35.5 Å². The van der Waals surface area contributed by atoms with Gasteiger partial charge in [-0.15, -0.1) is 0 Å². The Bertz CT molecular complexity index is 213. The minimum atomic E-state index is -0.428. The van der Waals surface area contributed by atoms with Crippen molar-refractivity contribution in [3.8, 4) is 0 Å². The number of aliphatic hydroxyl groups is 1. The van der Waals surface area contributed by atoms with Crippen LogP contribution in [0.3, 0.4) is 0 Å². The van der Waals surface area contributed by atoms with E-state index in [1.54, 1.807) is 0 Å². The quantitative estimate of drug-likeness (QED) is 0.676. The standard InChI is InChI=1S/C8H13FN2O/c1-2-3-10-11-5-7(9)4-8(12)6-11/h4-5,10,12H,2-3,6H2,1H3. The van der Waals surface area contributed by atoms with Gasteiger partial charge in [-0.05, 0) is 6.42 Å². The highest BCUT2D eigenvalue weighted by atomic mass is 19.1. The molecule has 0 aliphatic carbocycles. The molecule has 2 N–H and O–H groups in total. The molecule has 0 aromatic rings. The third kappa shape index (κ3) is 2.54. The van der Waals surface area contributed by atoms with E-state index in [0.29, 0.717) is 6.54 Å². The second-order valence-corrected chi connectivity index (χ2v) is 2.69. The van der Waals surface area contributed by atoms with Gasteiger partial charge in [-0.3, -0.25) is 0 Å². The number of allylic oxidation sites excluding steroid dienone is 2. The summed E-state index contributed by atoms with van der Waals surface area (Å²) in [5.41, 5.74) is 2.95. The van der Waals surface area contributed by atoms with Crippen LogP contribution in [-0.2, 0) is 0 Å². The molecule has 1 heterocycles. The molecule has 1 aliphatic heterocycles. The normalized spacial score (nSPS) is 17.3. The first-order chi connectivity index (χ1) is 5.72. The van der Waals surface area contributed by atoms with E-state index in [1.807, 2.05) is 6.92 Å². The molecule has 0 saturated heterocycles. The highest BCUT2D eigenvalue weighted by Gasteiger charge is 2.09. The average molecular weight is 172 g/mol. The van der Waals surface area contributed by atoms with Gasteiger partial charge in [0.25, 0.3) is 0 Å². The predicted molar refractivity (Wildman–Crippen MR) is 44.9 cm³/mol. The van der Waals surface area contributed by atoms with Crippen molar-refractivity contribution in [3.05, 3.63) is 23.9 Å². The molecule has 0 aromatic heterocycles. The lowest BCUT2D eigenvalue weighted by molar-refractivity contribution is 0.234. The smallest absolute Gasteiger partial charge is 0.143 e. The molecule has 3 nitrogen and oxygen atoms in total. The van der Waals surface area contributed by atoms with Crippen molar-refractivity contribution in [1.29, 1.82) is 0 Å². The van der Waals surface area contributed by atoms with Gasteiger partial charge in [0.1, 0.15) is 11.6 Å². The van der Waals surface area contributed by atoms with E-state index in [-0.39, 0.29) is 5.76 Å². The fraction of sp³-hybridized carbons (Fsp3) is 0.500. The van der Waals surface area contributed by atoms with E-state index in [4.69, 9.17) is 5.11 Å². The predicted octanol–water partition coefficient (Wildman–Crippen LogP) is 1.47. The minimum absolute atomic E-state index is 0.0404. The lowest BCUT2D eigenvalue weighted by Crippen LogP contribution is -2.36. The molecule has 0 unspecified atom stereocenters. The van der Waals surface area contributed by atoms with Gasteiger partial charge in [0.15, 0.2) is 0 Å². The summed E-state index contributed by atoms with van der Waals surface area (Å²) in [5, 5.41) is 10.6. The molecule has 0 saturated carbocycles. The highest BCUT2D eigenvalue weighted by Crippen LogP contribution is 2.10. The first-order valence-electron chi connectivity index (χ1n) is 3.99. The van der Waals surface area contributed by atoms with Crippen LogP contribution < -0.4 is 5.43 Å². The molecular weight excluding hydrogens is 159 g/mol. The first kappa shape index (κ1) is 9.06. The Morgan fingerprint density at radius 2 is 2.50 bits per heavy atom. The van der Waals surface area contributed by atoms with Crippen molar-refractivity contribution >= 4 is 0 Å². The van der Waals surface area contributed by atoms with E-state index in [2.05, 4.69) is 5.43 Å². The third-order valence-electron chi connectivity index (χ3n) is 1.48. The number of hydrazine groups is 1. The van der Waals surface area contributed by atoms with Gasteiger partial charge in [0.2, 0.25) is 0 Å². The summed E-state index contributed by atoms with van der Waals surface area (Å²) in [5.74, 6) is -0.388. The second-order valence-electron chi connectivity index (χ2n) is 2.69. The van der Waals surface area contributed by atoms with Gasteiger partial charge in [0.05, 0.1) is 12.7 Å². The molecular formula is C8H13FN2O. The molecule has 0 bridgehead atoms. The van der Waals surface area contributed by atoms with Gasteiger partial charge in [-0.2, -0.15) is 0 Å². The number of nitrogens with zero attached hydrogens (tertiary/aromatic N) is 1. The summed E-state index contributed by atoms with van der Waals surface area (Å²) < 4.78 is 12.7. The van der Waals surface area contributed by atoms with Crippen LogP contribution >= 0.6 is 0 Å². The Morgan fingerprint density at radius 3 is 3.08 bits per heavy atom. The van der Waals surface area contributed by atoms with Crippen LogP contribution in [0.1, 0.15) is 13.3 Å². The fourth-order valence-electron chi connectivity index (χ4n) is 0.968. The minimum Gasteiger partial charge on any atom is -0.510 e. The Kier molecular flexibility index (Phi) is 3.10. The van der Waals surface area contributed by atoms with Crippen LogP contribution in [0.2, 0.25) is 0 Å². The van der Waals surface area contributed by atoms with Gasteiger partial charge in [-0.25, -0.2) is 9.82 Å². The summed E-state index contributed by atoms with van der Waals surface area (Å²) in [6, 6.07) is 0. The molecule has 0 amide bonds. The Morgan fingerprint density at radius 1 is 1.75 bits per heavy atom. The molecule has 0 radical (unpaired) electrons. The molecule has 68 valence electrons. The average Bonchev–Trinajstić information content (AvgIpc) is 1.99. The lowest BCUT2D eigenvalue weighted by Gasteiger charge is -2.23. The third-order valence-corrected chi connectivity index (χ3v) is 1.48. The van der Waals surface area contributed by atoms with E-state index >= 15 is 0 Å². The number of hydrogen-bond acceptors (Lipinski definition) is 3. The zero-order valence-electron chi connectivity index (χ0n) is 7.05. The summed E-state index contributed by atoms with van der Waals surface area (Å²) >= 11 is 0. The van der Waals surface area contributed by atoms with Crippen molar-refractivity contribution in [2.24, 2.45) is 0 Å². The molecule has 0 fully saturated rings. The van der Waals surface area contributed by atoms with E-state index < -0.39 is 5.83 Å². The molecule has 1 rings (SSSR count). The van der Waals surface area contributed by atoms with Crippen LogP contribution in [0.25, 0.3) is 0 Å². The van der Waals surface area contributed by atoms with Gasteiger partial charge in [0, 0.05) is 12.6 Å². The monoisotopic (exact) mass is 172 g/mol. The van der Waals surface area contributed by atoms with Crippen LogP contribution in [0, 0.1) is 0 Å². The largest absolute Gasteiger partial charge is 0.510 e. The zero-order chi connectivity index (χ0) is 8.97. The maximum absolute atomic E-state index is 12.7. The van der Waals surface area contributed by atoms with Crippen molar-refractivity contribution in [3.63, 3.8) is 0 Å². The Hall–Kier alpha value is -1.03. The fourth-order valence-corrected chi connectivity index (χ4v) is 0.968. The molecule has 12 heavy (non-hydrogen) atoms. The van der Waals surface area contributed by atoms with Crippen molar-refractivity contribution in [2.75, 3.05) is 13.1 Å². The number of nitrogens with one attached hydrogen (secondary N) is 1. The van der Waals surface area contributed by atoms with Gasteiger partial charge in [-0.1, -0.05) is 6.92 Å². The van der Waals surface area contributed by atoms with Crippen LogP contribution in [0.5, 0.6) is 0 Å². The van der Waals surface area contributed by atoms with Gasteiger partial charge < -0.3 is 10.1 Å². The second kappa shape index (κ2) is 4.11. The summed E-state index contributed by atoms with van der Waals surface area (Å²) in [6.45, 7) is 3.12. The number of halogens is 1. The van der Waals surface area contributed by atoms with Crippen LogP contribution in [0.15, 0.2) is 23.9 Å². The molecule has 0 spiro atoms. The zero-order valence-corrected chi connectivity index (χ0v) is 7.05. The van der Waals surface area contributed by atoms with E-state index in [9.17, 15) is 4.39 Å². The summed E-state index contributed by atoms with van der Waals surface area (Å²) in [7, 11) is 0. The number of rotatable bonds is 3. The molecule has 0 aromatic carbocycles. The first-order valence-corrected chi connectivity index (χ1v) is 3.99. The molecule has 0 atom stereocenters. The summed E-state index contributed by atoms with van der Waals surface area (Å²) in [6.07, 6.45) is 3.41. The van der Waals surface area contributed by atoms with Gasteiger partial charge >= 0.3 is 0 Å². The number of aliphatic hydroxyl groups excluding tert-OH is 1. The van der Waals surface area contributed by atoms with Crippen molar-refractivity contribution in [2.45, 2.75) is 13.3 Å². The molecule has 4 heteroatoms. The lowest BCUT2D eigenvalue weighted by atomic mass is 10.3.